The van der Waals surface area contributed by atoms with E-state index in [9.17, 15) is 24.9 Å². The first kappa shape index (κ1) is 22.1. The Morgan fingerprint density at radius 1 is 1.10 bits per heavy atom. The molecule has 1 aliphatic rings. The van der Waals surface area contributed by atoms with Gasteiger partial charge in [0.15, 0.2) is 11.5 Å². The van der Waals surface area contributed by atoms with Gasteiger partial charge in [-0.05, 0) is 48.2 Å². The van der Waals surface area contributed by atoms with Crippen LogP contribution in [0.3, 0.4) is 0 Å². The van der Waals surface area contributed by atoms with Crippen molar-refractivity contribution in [3.8, 4) is 17.6 Å². The second kappa shape index (κ2) is 9.04. The zero-order valence-corrected chi connectivity index (χ0v) is 16.7. The van der Waals surface area contributed by atoms with E-state index in [0.29, 0.717) is 24.1 Å². The van der Waals surface area contributed by atoms with Crippen molar-refractivity contribution in [1.29, 1.82) is 5.26 Å². The fourth-order valence-electron chi connectivity index (χ4n) is 3.26. The van der Waals surface area contributed by atoms with Crippen LogP contribution in [0.5, 0.6) is 11.5 Å². The SMILES string of the molecule is CCC(Cc1ccc2c(c1)OC(C(=O)O)(C(=O)O)O2)NCC(O)c1ccc(C#N)cc1. The van der Waals surface area contributed by atoms with Crippen molar-refractivity contribution in [2.45, 2.75) is 37.7 Å². The third-order valence-corrected chi connectivity index (χ3v) is 5.08. The number of nitrogens with one attached hydrogen (secondary N) is 1. The minimum Gasteiger partial charge on any atom is -0.475 e. The van der Waals surface area contributed by atoms with E-state index in [1.807, 2.05) is 13.0 Å². The Morgan fingerprint density at radius 2 is 1.74 bits per heavy atom. The van der Waals surface area contributed by atoms with Crippen molar-refractivity contribution < 1.29 is 34.4 Å². The van der Waals surface area contributed by atoms with Gasteiger partial charge in [0.25, 0.3) is 0 Å². The summed E-state index contributed by atoms with van der Waals surface area (Å²) in [4.78, 5) is 22.7. The number of hydrogen-bond acceptors (Lipinski definition) is 7. The normalized spacial score (nSPS) is 15.6. The largest absolute Gasteiger partial charge is 0.475 e. The number of rotatable bonds is 9. The summed E-state index contributed by atoms with van der Waals surface area (Å²) in [6.45, 7) is 2.29. The number of fused-ring (bicyclic) bond motifs is 1. The number of hydrogen-bond donors (Lipinski definition) is 4. The van der Waals surface area contributed by atoms with Crippen LogP contribution in [0, 0.1) is 11.3 Å². The summed E-state index contributed by atoms with van der Waals surface area (Å²) in [5.74, 6) is -6.18. The van der Waals surface area contributed by atoms with Crippen molar-refractivity contribution in [3.05, 3.63) is 59.2 Å². The van der Waals surface area contributed by atoms with Gasteiger partial charge in [-0.1, -0.05) is 25.1 Å². The summed E-state index contributed by atoms with van der Waals surface area (Å²) < 4.78 is 10.2. The standard InChI is InChI=1S/C22H22N2O7/c1-2-16(24-12-17(25)15-6-3-13(11-23)4-7-15)9-14-5-8-18-19(10-14)31-22(30-18,20(26)27)21(28)29/h3-8,10,16-17,24-25H,2,9,12H2,1H3,(H,26,27)(H,28,29). The number of nitrogens with zero attached hydrogens (tertiary/aromatic N) is 1. The number of aliphatic hydroxyl groups is 1. The number of benzene rings is 2. The van der Waals surface area contributed by atoms with Gasteiger partial charge >= 0.3 is 17.7 Å². The first-order valence-electron chi connectivity index (χ1n) is 9.68. The predicted molar refractivity (Wildman–Crippen MR) is 108 cm³/mol. The number of aliphatic hydroxyl groups excluding tert-OH is 1. The van der Waals surface area contributed by atoms with Gasteiger partial charge in [0, 0.05) is 12.6 Å². The number of aliphatic carboxylic acids is 2. The van der Waals surface area contributed by atoms with E-state index in [0.717, 1.165) is 12.0 Å². The molecule has 0 saturated carbocycles. The van der Waals surface area contributed by atoms with Crippen LogP contribution < -0.4 is 14.8 Å². The van der Waals surface area contributed by atoms with E-state index in [4.69, 9.17) is 14.7 Å². The molecule has 9 nitrogen and oxygen atoms in total. The zero-order valence-electron chi connectivity index (χ0n) is 16.7. The molecule has 0 radical (unpaired) electrons. The van der Waals surface area contributed by atoms with Gasteiger partial charge in [-0.3, -0.25) is 0 Å². The van der Waals surface area contributed by atoms with Gasteiger partial charge in [0.2, 0.25) is 0 Å². The lowest BCUT2D eigenvalue weighted by molar-refractivity contribution is -0.194. The van der Waals surface area contributed by atoms with E-state index in [1.54, 1.807) is 36.4 Å². The molecule has 31 heavy (non-hydrogen) atoms. The molecule has 0 fully saturated rings. The number of carboxylic acid groups (broad SMARTS) is 2. The fraction of sp³-hybridized carbons (Fsp3) is 0.318. The monoisotopic (exact) mass is 426 g/mol. The Bertz CT molecular complexity index is 1000. The maximum Gasteiger partial charge on any atom is 0.453 e. The van der Waals surface area contributed by atoms with Crippen molar-refractivity contribution in [1.82, 2.24) is 5.32 Å². The van der Waals surface area contributed by atoms with Crippen LogP contribution in [0.1, 0.15) is 36.1 Å². The second-order valence-corrected chi connectivity index (χ2v) is 7.18. The lowest BCUT2D eigenvalue weighted by atomic mass is 10.0. The van der Waals surface area contributed by atoms with Gasteiger partial charge in [-0.15, -0.1) is 0 Å². The molecule has 0 spiro atoms. The van der Waals surface area contributed by atoms with Gasteiger partial charge in [0.05, 0.1) is 17.7 Å². The Hall–Kier alpha value is -3.61. The minimum absolute atomic E-state index is 0.00268. The second-order valence-electron chi connectivity index (χ2n) is 7.18. The molecule has 0 aromatic heterocycles. The molecule has 0 aliphatic carbocycles. The first-order chi connectivity index (χ1) is 14.8. The smallest absolute Gasteiger partial charge is 0.453 e. The lowest BCUT2D eigenvalue weighted by Gasteiger charge is -2.20. The topological polar surface area (TPSA) is 149 Å². The molecule has 2 aromatic carbocycles. The maximum absolute atomic E-state index is 11.4. The molecule has 4 N–H and O–H groups in total. The highest BCUT2D eigenvalue weighted by atomic mass is 16.8. The van der Waals surface area contributed by atoms with Crippen molar-refractivity contribution >= 4 is 11.9 Å². The Labute approximate surface area is 178 Å². The molecule has 1 heterocycles. The minimum atomic E-state index is -2.78. The molecule has 162 valence electrons. The summed E-state index contributed by atoms with van der Waals surface area (Å²) in [6.07, 6.45) is 0.550. The predicted octanol–water partition coefficient (Wildman–Crippen LogP) is 1.84. The molecule has 9 heteroatoms. The number of ether oxygens (including phenoxy) is 2. The van der Waals surface area contributed by atoms with Crippen LogP contribution in [0.4, 0.5) is 0 Å². The molecule has 2 unspecified atom stereocenters. The average molecular weight is 426 g/mol. The van der Waals surface area contributed by atoms with Crippen molar-refractivity contribution in [3.63, 3.8) is 0 Å². The van der Waals surface area contributed by atoms with Crippen molar-refractivity contribution in [2.24, 2.45) is 0 Å². The third-order valence-electron chi connectivity index (χ3n) is 5.08. The third kappa shape index (κ3) is 4.60. The highest BCUT2D eigenvalue weighted by Gasteiger charge is 2.57. The fourth-order valence-corrected chi connectivity index (χ4v) is 3.26. The Balaban J connectivity index is 1.63. The summed E-state index contributed by atoms with van der Waals surface area (Å²) in [5, 5.41) is 41.0. The first-order valence-corrected chi connectivity index (χ1v) is 9.68. The number of carbonyl (C=O) groups is 2. The highest BCUT2D eigenvalue weighted by molar-refractivity contribution is 6.01. The van der Waals surface area contributed by atoms with Crippen molar-refractivity contribution in [2.75, 3.05) is 6.54 Å². The molecule has 0 bridgehead atoms. The zero-order chi connectivity index (χ0) is 22.6. The van der Waals surface area contributed by atoms with Gasteiger partial charge in [-0.25, -0.2) is 9.59 Å². The Morgan fingerprint density at radius 3 is 2.32 bits per heavy atom. The quantitative estimate of drug-likeness (QED) is 0.441. The van der Waals surface area contributed by atoms with Gasteiger partial charge in [-0.2, -0.15) is 5.26 Å². The molecule has 0 saturated heterocycles. The number of nitriles is 1. The van der Waals surface area contributed by atoms with Crippen LogP contribution in [0.25, 0.3) is 0 Å². The summed E-state index contributed by atoms with van der Waals surface area (Å²) in [6, 6.07) is 13.5. The summed E-state index contributed by atoms with van der Waals surface area (Å²) in [7, 11) is 0. The van der Waals surface area contributed by atoms with Gasteiger partial charge < -0.3 is 30.1 Å². The molecular weight excluding hydrogens is 404 g/mol. The molecule has 2 aromatic rings. The van der Waals surface area contributed by atoms with E-state index < -0.39 is 23.8 Å². The summed E-state index contributed by atoms with van der Waals surface area (Å²) in [5.41, 5.74) is 2.01. The highest BCUT2D eigenvalue weighted by Crippen LogP contribution is 2.40. The molecular formula is C22H22N2O7. The van der Waals surface area contributed by atoms with Crippen LogP contribution >= 0.6 is 0 Å². The van der Waals surface area contributed by atoms with Gasteiger partial charge in [0.1, 0.15) is 0 Å². The molecule has 0 amide bonds. The average Bonchev–Trinajstić information content (AvgIpc) is 3.17. The van der Waals surface area contributed by atoms with E-state index in [-0.39, 0.29) is 17.5 Å². The van der Waals surface area contributed by atoms with Crippen LogP contribution in [0.15, 0.2) is 42.5 Å². The van der Waals surface area contributed by atoms with E-state index in [2.05, 4.69) is 5.32 Å². The summed E-state index contributed by atoms with van der Waals surface area (Å²) >= 11 is 0. The number of carboxylic acids is 2. The van der Waals surface area contributed by atoms with Crippen LogP contribution in [-0.4, -0.2) is 45.6 Å². The molecule has 2 atom stereocenters. The lowest BCUT2D eigenvalue weighted by Crippen LogP contribution is -2.54. The van der Waals surface area contributed by atoms with E-state index >= 15 is 0 Å². The Kier molecular flexibility index (Phi) is 6.44. The van der Waals surface area contributed by atoms with Crippen LogP contribution in [-0.2, 0) is 16.0 Å². The van der Waals surface area contributed by atoms with E-state index in [1.165, 1.54) is 6.07 Å². The molecule has 1 aliphatic heterocycles. The molecule has 3 rings (SSSR count). The van der Waals surface area contributed by atoms with Crippen LogP contribution in [0.2, 0.25) is 0 Å². The maximum atomic E-state index is 11.4.